The Balaban J connectivity index is 2.85. The maximum atomic E-state index is 9.87. The summed E-state index contributed by atoms with van der Waals surface area (Å²) in [6.07, 6.45) is -0.311. The topological polar surface area (TPSA) is 52.5 Å². The molecule has 0 bridgehead atoms. The molecule has 0 spiro atoms. The first-order valence-corrected chi connectivity index (χ1v) is 5.23. The van der Waals surface area contributed by atoms with E-state index in [9.17, 15) is 10.2 Å². The normalized spacial score (nSPS) is 14.9. The third-order valence-electron chi connectivity index (χ3n) is 2.33. The molecule has 0 aliphatic heterocycles. The number of rotatable bonds is 5. The van der Waals surface area contributed by atoms with Gasteiger partial charge >= 0.3 is 0 Å². The van der Waals surface area contributed by atoms with E-state index in [1.165, 1.54) is 0 Å². The van der Waals surface area contributed by atoms with Gasteiger partial charge < -0.3 is 15.5 Å². The van der Waals surface area contributed by atoms with Crippen LogP contribution in [-0.4, -0.2) is 29.9 Å². The molecule has 0 aromatic heterocycles. The minimum atomic E-state index is -0.509. The zero-order chi connectivity index (χ0) is 11.3. The Labute approximate surface area is 90.8 Å². The van der Waals surface area contributed by atoms with Crippen LogP contribution in [0.25, 0.3) is 0 Å². The molecule has 3 N–H and O–H groups in total. The van der Waals surface area contributed by atoms with Gasteiger partial charge in [-0.15, -0.1) is 0 Å². The molecule has 0 amide bonds. The van der Waals surface area contributed by atoms with E-state index in [4.69, 9.17) is 0 Å². The standard InChI is InChI=1S/C12H19NO2/c1-9(14)7-10-5-3-4-6-11(10)12(15)8-13-2/h3-6,9,12-15H,7-8H2,1-2H3. The molecule has 3 nitrogen and oxygen atoms in total. The van der Waals surface area contributed by atoms with E-state index in [1.54, 1.807) is 14.0 Å². The van der Waals surface area contributed by atoms with E-state index in [1.807, 2.05) is 24.3 Å². The zero-order valence-corrected chi connectivity index (χ0v) is 9.27. The van der Waals surface area contributed by atoms with E-state index < -0.39 is 6.10 Å². The van der Waals surface area contributed by atoms with Crippen molar-refractivity contribution < 1.29 is 10.2 Å². The van der Waals surface area contributed by atoms with Crippen LogP contribution in [0.15, 0.2) is 24.3 Å². The number of aliphatic hydroxyl groups is 2. The molecule has 2 atom stereocenters. The maximum absolute atomic E-state index is 9.87. The molecule has 1 aromatic rings. The van der Waals surface area contributed by atoms with Gasteiger partial charge in [-0.1, -0.05) is 24.3 Å². The SMILES string of the molecule is CNCC(O)c1ccccc1CC(C)O. The van der Waals surface area contributed by atoms with Crippen LogP contribution in [0.1, 0.15) is 24.2 Å². The third kappa shape index (κ3) is 3.63. The number of benzene rings is 1. The van der Waals surface area contributed by atoms with Crippen LogP contribution in [0.4, 0.5) is 0 Å². The molecular weight excluding hydrogens is 190 g/mol. The highest BCUT2D eigenvalue weighted by Gasteiger charge is 2.11. The van der Waals surface area contributed by atoms with E-state index in [0.29, 0.717) is 13.0 Å². The molecule has 0 aliphatic carbocycles. The molecule has 84 valence electrons. The first kappa shape index (κ1) is 12.2. The predicted octanol–water partition coefficient (Wildman–Crippen LogP) is 0.863. The number of hydrogen-bond acceptors (Lipinski definition) is 3. The molecular formula is C12H19NO2. The minimum Gasteiger partial charge on any atom is -0.393 e. The molecule has 0 saturated carbocycles. The highest BCUT2D eigenvalue weighted by Crippen LogP contribution is 2.18. The summed E-state index contributed by atoms with van der Waals surface area (Å²) in [4.78, 5) is 0. The van der Waals surface area contributed by atoms with Crippen molar-refractivity contribution in [3.8, 4) is 0 Å². The molecule has 3 heteroatoms. The highest BCUT2D eigenvalue weighted by atomic mass is 16.3. The Morgan fingerprint density at radius 3 is 2.53 bits per heavy atom. The second-order valence-corrected chi connectivity index (χ2v) is 3.83. The molecule has 0 saturated heterocycles. The lowest BCUT2D eigenvalue weighted by Gasteiger charge is -2.16. The second-order valence-electron chi connectivity index (χ2n) is 3.83. The van der Waals surface area contributed by atoms with Gasteiger partial charge in [0.15, 0.2) is 0 Å². The summed E-state index contributed by atoms with van der Waals surface area (Å²) in [6.45, 7) is 2.28. The Morgan fingerprint density at radius 1 is 1.27 bits per heavy atom. The monoisotopic (exact) mass is 209 g/mol. The molecule has 2 unspecified atom stereocenters. The average Bonchev–Trinajstić information content (AvgIpc) is 2.18. The number of aliphatic hydroxyl groups excluding tert-OH is 2. The van der Waals surface area contributed by atoms with Gasteiger partial charge in [0.05, 0.1) is 12.2 Å². The van der Waals surface area contributed by atoms with Crippen LogP contribution < -0.4 is 5.32 Å². The Kier molecular flexibility index (Phi) is 4.75. The van der Waals surface area contributed by atoms with Crippen molar-refractivity contribution in [3.05, 3.63) is 35.4 Å². The van der Waals surface area contributed by atoms with Crippen LogP contribution in [0.5, 0.6) is 0 Å². The van der Waals surface area contributed by atoms with Crippen LogP contribution in [0.3, 0.4) is 0 Å². The van der Waals surface area contributed by atoms with Crippen LogP contribution in [-0.2, 0) is 6.42 Å². The lowest BCUT2D eigenvalue weighted by molar-refractivity contribution is 0.171. The second kappa shape index (κ2) is 5.85. The minimum absolute atomic E-state index is 0.382. The Hall–Kier alpha value is -0.900. The van der Waals surface area contributed by atoms with Crippen molar-refractivity contribution in [2.75, 3.05) is 13.6 Å². The average molecular weight is 209 g/mol. The number of nitrogens with one attached hydrogen (secondary N) is 1. The van der Waals surface area contributed by atoms with Gasteiger partial charge in [-0.25, -0.2) is 0 Å². The van der Waals surface area contributed by atoms with Gasteiger partial charge in [-0.3, -0.25) is 0 Å². The first-order valence-electron chi connectivity index (χ1n) is 5.23. The molecule has 0 heterocycles. The van der Waals surface area contributed by atoms with Gasteiger partial charge in [-0.05, 0) is 31.5 Å². The highest BCUT2D eigenvalue weighted by molar-refractivity contribution is 5.29. The number of likely N-dealkylation sites (N-methyl/N-ethyl adjacent to an activating group) is 1. The summed E-state index contributed by atoms with van der Waals surface area (Å²) in [6, 6.07) is 7.67. The molecule has 1 aromatic carbocycles. The smallest absolute Gasteiger partial charge is 0.0916 e. The van der Waals surface area contributed by atoms with Crippen molar-refractivity contribution in [1.29, 1.82) is 0 Å². The van der Waals surface area contributed by atoms with Crippen molar-refractivity contribution in [3.63, 3.8) is 0 Å². The molecule has 0 fully saturated rings. The predicted molar refractivity (Wildman–Crippen MR) is 60.7 cm³/mol. The molecule has 0 radical (unpaired) electrons. The van der Waals surface area contributed by atoms with Crippen LogP contribution in [0.2, 0.25) is 0 Å². The van der Waals surface area contributed by atoms with Crippen molar-refractivity contribution in [2.45, 2.75) is 25.6 Å². The van der Waals surface area contributed by atoms with E-state index in [-0.39, 0.29) is 6.10 Å². The fourth-order valence-corrected chi connectivity index (χ4v) is 1.67. The van der Waals surface area contributed by atoms with Gasteiger partial charge in [0.1, 0.15) is 0 Å². The van der Waals surface area contributed by atoms with Gasteiger partial charge in [-0.2, -0.15) is 0 Å². The van der Waals surface area contributed by atoms with Crippen molar-refractivity contribution >= 4 is 0 Å². The molecule has 0 aliphatic rings. The summed E-state index contributed by atoms with van der Waals surface area (Å²) in [7, 11) is 1.81. The van der Waals surface area contributed by atoms with Gasteiger partial charge in [0.25, 0.3) is 0 Å². The fourth-order valence-electron chi connectivity index (χ4n) is 1.67. The maximum Gasteiger partial charge on any atom is 0.0916 e. The van der Waals surface area contributed by atoms with Crippen molar-refractivity contribution in [2.24, 2.45) is 0 Å². The third-order valence-corrected chi connectivity index (χ3v) is 2.33. The van der Waals surface area contributed by atoms with E-state index in [0.717, 1.165) is 11.1 Å². The first-order chi connectivity index (χ1) is 7.15. The zero-order valence-electron chi connectivity index (χ0n) is 9.27. The summed E-state index contributed by atoms with van der Waals surface area (Å²) < 4.78 is 0. The summed E-state index contributed by atoms with van der Waals surface area (Å²) in [5, 5.41) is 22.1. The summed E-state index contributed by atoms with van der Waals surface area (Å²) in [5.74, 6) is 0. The van der Waals surface area contributed by atoms with Crippen molar-refractivity contribution in [1.82, 2.24) is 5.32 Å². The summed E-state index contributed by atoms with van der Waals surface area (Å²) in [5.41, 5.74) is 1.91. The summed E-state index contributed by atoms with van der Waals surface area (Å²) >= 11 is 0. The van der Waals surface area contributed by atoms with Crippen LogP contribution >= 0.6 is 0 Å². The van der Waals surface area contributed by atoms with Gasteiger partial charge in [0.2, 0.25) is 0 Å². The molecule has 1 rings (SSSR count). The Morgan fingerprint density at radius 2 is 1.93 bits per heavy atom. The van der Waals surface area contributed by atoms with E-state index in [2.05, 4.69) is 5.32 Å². The Bertz CT molecular complexity index is 299. The van der Waals surface area contributed by atoms with Crippen LogP contribution in [0, 0.1) is 0 Å². The fraction of sp³-hybridized carbons (Fsp3) is 0.500. The lowest BCUT2D eigenvalue weighted by atomic mass is 9.98. The largest absolute Gasteiger partial charge is 0.393 e. The quantitative estimate of drug-likeness (QED) is 0.674. The lowest BCUT2D eigenvalue weighted by Crippen LogP contribution is -2.18. The number of hydrogen-bond donors (Lipinski definition) is 3. The van der Waals surface area contributed by atoms with Gasteiger partial charge in [0, 0.05) is 6.54 Å². The van der Waals surface area contributed by atoms with E-state index >= 15 is 0 Å². The molecule has 15 heavy (non-hydrogen) atoms.